The van der Waals surface area contributed by atoms with Crippen molar-refractivity contribution < 1.29 is 14.3 Å². The maximum absolute atomic E-state index is 12.2. The summed E-state index contributed by atoms with van der Waals surface area (Å²) in [6.07, 6.45) is 0.705. The van der Waals surface area contributed by atoms with Crippen molar-refractivity contribution in [2.45, 2.75) is 20.3 Å². The predicted octanol–water partition coefficient (Wildman–Crippen LogP) is 4.15. The molecule has 3 rings (SSSR count). The zero-order valence-corrected chi connectivity index (χ0v) is 16.0. The van der Waals surface area contributed by atoms with E-state index in [2.05, 4.69) is 10.3 Å². The third-order valence-electron chi connectivity index (χ3n) is 3.95. The summed E-state index contributed by atoms with van der Waals surface area (Å²) in [5.74, 6) is -0.895. The van der Waals surface area contributed by atoms with Gasteiger partial charge in [-0.25, -0.2) is 9.78 Å². The monoisotopic (exact) mass is 380 g/mol. The molecule has 0 fully saturated rings. The first kappa shape index (κ1) is 18.8. The summed E-state index contributed by atoms with van der Waals surface area (Å²) in [5, 5.41) is 3.62. The van der Waals surface area contributed by atoms with Crippen LogP contribution in [-0.2, 0) is 16.0 Å². The van der Waals surface area contributed by atoms with E-state index >= 15 is 0 Å². The van der Waals surface area contributed by atoms with Crippen LogP contribution in [0.3, 0.4) is 0 Å². The Kier molecular flexibility index (Phi) is 5.98. The molecule has 1 N–H and O–H groups in total. The molecule has 0 radical (unpaired) electrons. The Morgan fingerprint density at radius 3 is 2.44 bits per heavy atom. The summed E-state index contributed by atoms with van der Waals surface area (Å²) in [6, 6.07) is 17.6. The van der Waals surface area contributed by atoms with Crippen molar-refractivity contribution in [3.05, 3.63) is 81.3 Å². The van der Waals surface area contributed by atoms with Gasteiger partial charge in [-0.1, -0.05) is 48.5 Å². The molecule has 1 aromatic heterocycles. The van der Waals surface area contributed by atoms with Gasteiger partial charge in [-0.15, -0.1) is 11.3 Å². The molecule has 27 heavy (non-hydrogen) atoms. The number of aromatic nitrogens is 1. The lowest BCUT2D eigenvalue weighted by atomic mass is 10.0. The molecule has 0 saturated carbocycles. The SMILES string of the molecule is Cc1nc(C)c(C(=O)OCC(=O)Nc2ccccc2Cc2ccccc2)s1. The Hall–Kier alpha value is -2.99. The van der Waals surface area contributed by atoms with E-state index in [0.717, 1.165) is 16.1 Å². The van der Waals surface area contributed by atoms with Gasteiger partial charge in [0.15, 0.2) is 6.61 Å². The largest absolute Gasteiger partial charge is 0.451 e. The molecule has 3 aromatic rings. The molecular formula is C21H20N2O3S. The van der Waals surface area contributed by atoms with Gasteiger partial charge in [0.25, 0.3) is 5.91 Å². The van der Waals surface area contributed by atoms with Crippen LogP contribution < -0.4 is 5.32 Å². The van der Waals surface area contributed by atoms with Gasteiger partial charge in [-0.3, -0.25) is 4.79 Å². The number of ether oxygens (including phenoxy) is 1. The van der Waals surface area contributed by atoms with Crippen molar-refractivity contribution in [2.24, 2.45) is 0 Å². The lowest BCUT2D eigenvalue weighted by Gasteiger charge is -2.11. The van der Waals surface area contributed by atoms with Crippen LogP contribution in [0.15, 0.2) is 54.6 Å². The number of carbonyl (C=O) groups is 2. The number of aryl methyl sites for hydroxylation is 2. The summed E-state index contributed by atoms with van der Waals surface area (Å²) in [4.78, 5) is 29.0. The van der Waals surface area contributed by atoms with Crippen LogP contribution in [0.4, 0.5) is 5.69 Å². The van der Waals surface area contributed by atoms with Gasteiger partial charge >= 0.3 is 5.97 Å². The molecule has 0 aliphatic carbocycles. The highest BCUT2D eigenvalue weighted by molar-refractivity contribution is 7.13. The normalized spacial score (nSPS) is 10.4. The smallest absolute Gasteiger partial charge is 0.350 e. The van der Waals surface area contributed by atoms with Crippen LogP contribution >= 0.6 is 11.3 Å². The minimum Gasteiger partial charge on any atom is -0.451 e. The second-order valence-corrected chi connectivity index (χ2v) is 7.29. The fraction of sp³-hybridized carbons (Fsp3) is 0.190. The fourth-order valence-corrected chi connectivity index (χ4v) is 3.53. The number of thiazole rings is 1. The summed E-state index contributed by atoms with van der Waals surface area (Å²) < 4.78 is 5.13. The first-order valence-electron chi connectivity index (χ1n) is 8.56. The first-order chi connectivity index (χ1) is 13.0. The third kappa shape index (κ3) is 5.01. The summed E-state index contributed by atoms with van der Waals surface area (Å²) >= 11 is 1.26. The molecule has 2 aromatic carbocycles. The number of anilines is 1. The number of benzene rings is 2. The van der Waals surface area contributed by atoms with Crippen molar-refractivity contribution in [1.82, 2.24) is 4.98 Å². The van der Waals surface area contributed by atoms with Gasteiger partial charge in [-0.2, -0.15) is 0 Å². The molecule has 0 aliphatic rings. The summed E-state index contributed by atoms with van der Waals surface area (Å²) in [5.41, 5.74) is 3.49. The van der Waals surface area contributed by atoms with Crippen LogP contribution in [0, 0.1) is 13.8 Å². The van der Waals surface area contributed by atoms with E-state index in [4.69, 9.17) is 4.74 Å². The predicted molar refractivity (Wildman–Crippen MR) is 106 cm³/mol. The van der Waals surface area contributed by atoms with Crippen LogP contribution in [0.5, 0.6) is 0 Å². The third-order valence-corrected chi connectivity index (χ3v) is 5.01. The maximum Gasteiger partial charge on any atom is 0.350 e. The lowest BCUT2D eigenvalue weighted by Crippen LogP contribution is -2.21. The van der Waals surface area contributed by atoms with Crippen molar-refractivity contribution in [3.8, 4) is 0 Å². The van der Waals surface area contributed by atoms with E-state index in [9.17, 15) is 9.59 Å². The van der Waals surface area contributed by atoms with Crippen molar-refractivity contribution in [3.63, 3.8) is 0 Å². The second kappa shape index (κ2) is 8.60. The highest BCUT2D eigenvalue weighted by Gasteiger charge is 2.17. The van der Waals surface area contributed by atoms with Gasteiger partial charge < -0.3 is 10.1 Å². The quantitative estimate of drug-likeness (QED) is 0.653. The Labute approximate surface area is 162 Å². The van der Waals surface area contributed by atoms with Crippen molar-refractivity contribution in [1.29, 1.82) is 0 Å². The Balaban J connectivity index is 1.61. The topological polar surface area (TPSA) is 68.3 Å². The number of hydrogen-bond acceptors (Lipinski definition) is 5. The van der Waals surface area contributed by atoms with E-state index in [1.54, 1.807) is 6.92 Å². The summed E-state index contributed by atoms with van der Waals surface area (Å²) in [7, 11) is 0. The highest BCUT2D eigenvalue weighted by Crippen LogP contribution is 2.20. The number of rotatable bonds is 6. The molecule has 1 heterocycles. The molecular weight excluding hydrogens is 360 g/mol. The molecule has 0 spiro atoms. The number of esters is 1. The van der Waals surface area contributed by atoms with Crippen molar-refractivity contribution >= 4 is 28.9 Å². The minimum atomic E-state index is -0.522. The van der Waals surface area contributed by atoms with Gasteiger partial charge in [0.05, 0.1) is 10.7 Å². The standard InChI is InChI=1S/C21H20N2O3S/c1-14-20(27-15(2)22-14)21(25)26-13-19(24)23-18-11-7-6-10-17(18)12-16-8-4-3-5-9-16/h3-11H,12-13H2,1-2H3,(H,23,24). The molecule has 1 amide bonds. The van der Waals surface area contributed by atoms with Gasteiger partial charge in [-0.05, 0) is 37.5 Å². The molecule has 5 nitrogen and oxygen atoms in total. The van der Waals surface area contributed by atoms with E-state index < -0.39 is 5.97 Å². The Morgan fingerprint density at radius 2 is 1.74 bits per heavy atom. The van der Waals surface area contributed by atoms with Crippen molar-refractivity contribution in [2.75, 3.05) is 11.9 Å². The lowest BCUT2D eigenvalue weighted by molar-refractivity contribution is -0.119. The number of amides is 1. The van der Waals surface area contributed by atoms with Crippen LogP contribution in [-0.4, -0.2) is 23.5 Å². The van der Waals surface area contributed by atoms with Gasteiger partial charge in [0, 0.05) is 5.69 Å². The van der Waals surface area contributed by atoms with E-state index in [-0.39, 0.29) is 12.5 Å². The number of para-hydroxylation sites is 1. The minimum absolute atomic E-state index is 0.338. The Morgan fingerprint density at radius 1 is 1.04 bits per heavy atom. The van der Waals surface area contributed by atoms with Crippen LogP contribution in [0.1, 0.15) is 31.5 Å². The molecule has 138 valence electrons. The Bertz CT molecular complexity index is 951. The van der Waals surface area contributed by atoms with Crippen LogP contribution in [0.2, 0.25) is 0 Å². The molecule has 0 saturated heterocycles. The maximum atomic E-state index is 12.2. The molecule has 6 heteroatoms. The van der Waals surface area contributed by atoms with E-state index in [1.165, 1.54) is 11.3 Å². The summed E-state index contributed by atoms with van der Waals surface area (Å²) in [6.45, 7) is 3.24. The molecule has 0 bridgehead atoms. The van der Waals surface area contributed by atoms with E-state index in [0.29, 0.717) is 22.7 Å². The van der Waals surface area contributed by atoms with Crippen LogP contribution in [0.25, 0.3) is 0 Å². The molecule has 0 aliphatic heterocycles. The first-order valence-corrected chi connectivity index (χ1v) is 9.37. The molecule has 0 unspecified atom stereocenters. The number of nitrogens with zero attached hydrogens (tertiary/aromatic N) is 1. The zero-order chi connectivity index (χ0) is 19.2. The molecule has 0 atom stereocenters. The number of hydrogen-bond donors (Lipinski definition) is 1. The zero-order valence-electron chi connectivity index (χ0n) is 15.2. The average Bonchev–Trinajstić information content (AvgIpc) is 3.00. The second-order valence-electron chi connectivity index (χ2n) is 6.09. The fourth-order valence-electron chi connectivity index (χ4n) is 2.72. The number of carbonyl (C=O) groups excluding carboxylic acids is 2. The highest BCUT2D eigenvalue weighted by atomic mass is 32.1. The van der Waals surface area contributed by atoms with Gasteiger partial charge in [0.2, 0.25) is 0 Å². The average molecular weight is 380 g/mol. The van der Waals surface area contributed by atoms with Gasteiger partial charge in [0.1, 0.15) is 4.88 Å². The van der Waals surface area contributed by atoms with E-state index in [1.807, 2.05) is 61.5 Å². The number of nitrogens with one attached hydrogen (secondary N) is 1.